The Bertz CT molecular complexity index is 970. The lowest BCUT2D eigenvalue weighted by atomic mass is 9.87. The van der Waals surface area contributed by atoms with Crippen LogP contribution in [0.2, 0.25) is 0 Å². The molecule has 2 N–H and O–H groups in total. The van der Waals surface area contributed by atoms with Crippen molar-refractivity contribution in [2.24, 2.45) is 0 Å². The number of ether oxygens (including phenoxy) is 2. The molecular formula is C25H28N2O5. The van der Waals surface area contributed by atoms with Crippen LogP contribution in [0.1, 0.15) is 47.5 Å². The fraction of sp³-hybridized carbons (Fsp3) is 0.440. The van der Waals surface area contributed by atoms with E-state index in [1.807, 2.05) is 0 Å². The Hall–Kier alpha value is -2.90. The van der Waals surface area contributed by atoms with Crippen molar-refractivity contribution in [3.05, 3.63) is 65.7 Å². The molecule has 1 amide bonds. The smallest absolute Gasteiger partial charge is 0.415 e. The number of hydrogen-bond acceptors (Lipinski definition) is 5. The summed E-state index contributed by atoms with van der Waals surface area (Å²) in [5.41, 5.74) is 1.41. The predicted molar refractivity (Wildman–Crippen MR) is 118 cm³/mol. The molecule has 7 heteroatoms. The molecule has 5 rings (SSSR count). The van der Waals surface area contributed by atoms with E-state index in [2.05, 4.69) is 35.6 Å². The van der Waals surface area contributed by atoms with Gasteiger partial charge >= 0.3 is 12.1 Å². The molecule has 3 fully saturated rings. The van der Waals surface area contributed by atoms with E-state index in [1.54, 1.807) is 4.90 Å². The van der Waals surface area contributed by atoms with Crippen LogP contribution in [0.5, 0.6) is 5.75 Å². The third-order valence-electron chi connectivity index (χ3n) is 6.92. The van der Waals surface area contributed by atoms with Crippen LogP contribution in [-0.4, -0.2) is 59.5 Å². The highest BCUT2D eigenvalue weighted by Gasteiger charge is 2.46. The molecule has 0 aromatic heterocycles. The highest BCUT2D eigenvalue weighted by molar-refractivity contribution is 5.87. The molecule has 1 unspecified atom stereocenters. The zero-order chi connectivity index (χ0) is 22.1. The Labute approximate surface area is 187 Å². The summed E-state index contributed by atoms with van der Waals surface area (Å²) in [5.74, 6) is -0.0566. The summed E-state index contributed by atoms with van der Waals surface area (Å²) in [6, 6.07) is 17.4. The van der Waals surface area contributed by atoms with Crippen molar-refractivity contribution in [2.45, 2.75) is 49.3 Å². The molecule has 0 bridgehead atoms. The van der Waals surface area contributed by atoms with Gasteiger partial charge < -0.3 is 24.8 Å². The molecule has 168 valence electrons. The fourth-order valence-corrected chi connectivity index (χ4v) is 4.98. The van der Waals surface area contributed by atoms with Gasteiger partial charge in [-0.2, -0.15) is 0 Å². The van der Waals surface area contributed by atoms with Gasteiger partial charge in [-0.25, -0.2) is 9.59 Å². The molecule has 32 heavy (non-hydrogen) atoms. The van der Waals surface area contributed by atoms with Gasteiger partial charge in [0.1, 0.15) is 5.75 Å². The van der Waals surface area contributed by atoms with Crippen molar-refractivity contribution in [1.29, 1.82) is 0 Å². The van der Waals surface area contributed by atoms with Crippen LogP contribution in [0, 0.1) is 0 Å². The number of carboxylic acid groups (broad SMARTS) is 1. The zero-order valence-corrected chi connectivity index (χ0v) is 17.9. The number of nitrogens with zero attached hydrogens (tertiary/aromatic N) is 1. The Kier molecular flexibility index (Phi) is 5.61. The molecule has 2 saturated heterocycles. The minimum Gasteiger partial charge on any atom is -0.478 e. The lowest BCUT2D eigenvalue weighted by Crippen LogP contribution is -2.47. The Morgan fingerprint density at radius 1 is 1.06 bits per heavy atom. The molecular weight excluding hydrogens is 408 g/mol. The lowest BCUT2D eigenvalue weighted by molar-refractivity contribution is -0.0389. The molecule has 1 aliphatic carbocycles. The first-order chi connectivity index (χ1) is 15.5. The lowest BCUT2D eigenvalue weighted by Gasteiger charge is -2.38. The van der Waals surface area contributed by atoms with E-state index in [4.69, 9.17) is 14.6 Å². The standard InChI is InChI=1S/C25H28N2O5/c28-23(29)18-6-8-20(9-7-18)32-24(30)27-12-10-25(11-13-27)15-19(16-31-25)26-22-14-21(22)17-4-2-1-3-5-17/h1-9,19,21-22,26H,10-16H2,(H,28,29)/t19?,21-,22+/m0/s1. The summed E-state index contributed by atoms with van der Waals surface area (Å²) in [4.78, 5) is 25.2. The van der Waals surface area contributed by atoms with Gasteiger partial charge in [-0.3, -0.25) is 0 Å². The minimum atomic E-state index is -1.01. The van der Waals surface area contributed by atoms with E-state index in [9.17, 15) is 9.59 Å². The number of aromatic carboxylic acids is 1. The number of amides is 1. The Morgan fingerprint density at radius 2 is 1.78 bits per heavy atom. The van der Waals surface area contributed by atoms with Crippen LogP contribution in [0.3, 0.4) is 0 Å². The number of hydrogen-bond donors (Lipinski definition) is 2. The van der Waals surface area contributed by atoms with Crippen molar-refractivity contribution in [2.75, 3.05) is 19.7 Å². The number of carboxylic acids is 1. The van der Waals surface area contributed by atoms with Crippen molar-refractivity contribution < 1.29 is 24.2 Å². The largest absolute Gasteiger partial charge is 0.478 e. The highest BCUT2D eigenvalue weighted by atomic mass is 16.6. The van der Waals surface area contributed by atoms with E-state index in [1.165, 1.54) is 36.2 Å². The van der Waals surface area contributed by atoms with E-state index >= 15 is 0 Å². The number of carbonyl (C=O) groups is 2. The molecule has 0 radical (unpaired) electrons. The number of piperidine rings is 1. The maximum atomic E-state index is 12.5. The monoisotopic (exact) mass is 436 g/mol. The Balaban J connectivity index is 1.08. The summed E-state index contributed by atoms with van der Waals surface area (Å²) < 4.78 is 11.7. The predicted octanol–water partition coefficient (Wildman–Crippen LogP) is 3.65. The van der Waals surface area contributed by atoms with Gasteiger partial charge in [-0.1, -0.05) is 30.3 Å². The highest BCUT2D eigenvalue weighted by Crippen LogP contribution is 2.43. The summed E-state index contributed by atoms with van der Waals surface area (Å²) in [7, 11) is 0. The van der Waals surface area contributed by atoms with Crippen LogP contribution in [0.15, 0.2) is 54.6 Å². The second-order valence-corrected chi connectivity index (χ2v) is 9.11. The second-order valence-electron chi connectivity index (χ2n) is 9.11. The van der Waals surface area contributed by atoms with Crippen LogP contribution in [0.4, 0.5) is 4.79 Å². The van der Waals surface area contributed by atoms with Crippen molar-refractivity contribution in [3.63, 3.8) is 0 Å². The van der Waals surface area contributed by atoms with Gasteiger partial charge in [-0.05, 0) is 55.5 Å². The average molecular weight is 437 g/mol. The fourth-order valence-electron chi connectivity index (χ4n) is 4.98. The summed E-state index contributed by atoms with van der Waals surface area (Å²) in [6.45, 7) is 1.90. The first kappa shape index (κ1) is 21.0. The molecule has 2 aromatic carbocycles. The normalized spacial score (nSPS) is 26.1. The molecule has 1 spiro atoms. The SMILES string of the molecule is O=C(O)c1ccc(OC(=O)N2CCC3(CC2)CC(N[C@@H]2C[C@H]2c2ccccc2)CO3)cc1. The molecule has 1 saturated carbocycles. The number of likely N-dealkylation sites (tertiary alicyclic amines) is 1. The molecule has 7 nitrogen and oxygen atoms in total. The van der Waals surface area contributed by atoms with Crippen molar-refractivity contribution in [3.8, 4) is 5.75 Å². The van der Waals surface area contributed by atoms with Gasteiger partial charge in [0.2, 0.25) is 0 Å². The summed E-state index contributed by atoms with van der Waals surface area (Å²) in [6.07, 6.45) is 3.35. The van der Waals surface area contributed by atoms with Crippen LogP contribution < -0.4 is 10.1 Å². The number of nitrogens with one attached hydrogen (secondary N) is 1. The van der Waals surface area contributed by atoms with Gasteiger partial charge in [0.15, 0.2) is 0 Å². The molecule has 2 aliphatic heterocycles. The van der Waals surface area contributed by atoms with Crippen molar-refractivity contribution in [1.82, 2.24) is 10.2 Å². The van der Waals surface area contributed by atoms with Crippen molar-refractivity contribution >= 4 is 12.1 Å². The van der Waals surface area contributed by atoms with Gasteiger partial charge in [-0.15, -0.1) is 0 Å². The third kappa shape index (κ3) is 4.49. The van der Waals surface area contributed by atoms with Gasteiger partial charge in [0, 0.05) is 31.1 Å². The number of carbonyl (C=O) groups excluding carboxylic acids is 1. The maximum absolute atomic E-state index is 12.5. The van der Waals surface area contributed by atoms with Gasteiger partial charge in [0.05, 0.1) is 17.8 Å². The quantitative estimate of drug-likeness (QED) is 0.744. The summed E-state index contributed by atoms with van der Waals surface area (Å²) >= 11 is 0. The summed E-state index contributed by atoms with van der Waals surface area (Å²) in [5, 5.41) is 12.7. The third-order valence-corrected chi connectivity index (χ3v) is 6.92. The zero-order valence-electron chi connectivity index (χ0n) is 17.9. The number of benzene rings is 2. The molecule has 3 aliphatic rings. The van der Waals surface area contributed by atoms with Gasteiger partial charge in [0.25, 0.3) is 0 Å². The van der Waals surface area contributed by atoms with E-state index < -0.39 is 12.1 Å². The Morgan fingerprint density at radius 3 is 2.47 bits per heavy atom. The van der Waals surface area contributed by atoms with Crippen LogP contribution in [0.25, 0.3) is 0 Å². The minimum absolute atomic E-state index is 0.158. The average Bonchev–Trinajstić information content (AvgIpc) is 3.47. The molecule has 2 heterocycles. The van der Waals surface area contributed by atoms with Crippen LogP contribution in [-0.2, 0) is 4.74 Å². The second kappa shape index (κ2) is 8.56. The first-order valence-electron chi connectivity index (χ1n) is 11.3. The first-order valence-corrected chi connectivity index (χ1v) is 11.3. The van der Waals surface area contributed by atoms with E-state index in [-0.39, 0.29) is 11.2 Å². The topological polar surface area (TPSA) is 88.1 Å². The molecule has 2 aromatic rings. The van der Waals surface area contributed by atoms with Crippen LogP contribution >= 0.6 is 0 Å². The number of rotatable bonds is 5. The van der Waals surface area contributed by atoms with E-state index in [0.717, 1.165) is 25.9 Å². The maximum Gasteiger partial charge on any atom is 0.415 e. The molecule has 3 atom stereocenters. The van der Waals surface area contributed by atoms with E-state index in [0.29, 0.717) is 36.8 Å².